The van der Waals surface area contributed by atoms with Gasteiger partial charge in [0.05, 0.1) is 6.04 Å². The van der Waals surface area contributed by atoms with Crippen LogP contribution in [-0.4, -0.2) is 36.6 Å². The van der Waals surface area contributed by atoms with Crippen LogP contribution in [0, 0.1) is 46.3 Å². The van der Waals surface area contributed by atoms with E-state index in [4.69, 9.17) is 16.2 Å². The molecular weight excluding hydrogens is 522 g/mol. The van der Waals surface area contributed by atoms with Crippen molar-refractivity contribution in [2.24, 2.45) is 57.8 Å². The molecule has 0 aromatic heterocycles. The molecule has 0 aromatic rings. The molecule has 0 radical (unpaired) electrons. The summed E-state index contributed by atoms with van der Waals surface area (Å²) in [4.78, 5) is 25.4. The third-order valence-electron chi connectivity index (χ3n) is 12.6. The van der Waals surface area contributed by atoms with Crippen molar-refractivity contribution in [2.45, 2.75) is 150 Å². The zero-order chi connectivity index (χ0) is 30.7. The maximum Gasteiger partial charge on any atom is 0.328 e. The molecule has 3 saturated carbocycles. The van der Waals surface area contributed by atoms with Gasteiger partial charge in [-0.1, -0.05) is 72.0 Å². The third kappa shape index (κ3) is 7.11. The minimum atomic E-state index is -0.699. The van der Waals surface area contributed by atoms with Gasteiger partial charge in [-0.2, -0.15) is 0 Å². The van der Waals surface area contributed by atoms with E-state index in [1.807, 2.05) is 0 Å². The summed E-state index contributed by atoms with van der Waals surface area (Å²) < 4.78 is 5.98. The second kappa shape index (κ2) is 14.1. The molecule has 0 spiro atoms. The van der Waals surface area contributed by atoms with Crippen LogP contribution in [0.15, 0.2) is 11.6 Å². The highest BCUT2D eigenvalue weighted by Crippen LogP contribution is 2.67. The second-order valence-electron chi connectivity index (χ2n) is 15.7. The summed E-state index contributed by atoms with van der Waals surface area (Å²) in [5, 5.41) is 2.76. The second-order valence-corrected chi connectivity index (χ2v) is 15.7. The molecule has 4 aliphatic rings. The van der Waals surface area contributed by atoms with E-state index >= 15 is 0 Å². The minimum absolute atomic E-state index is 0.109. The standard InChI is InChI=1S/C36H63N3O3/c1-23(2)10-9-11-24(3)29-15-16-30-28-14-13-26-22-27(17-19-35(26,5)31(28)18-20-36(29,30)6)42-34(41)25(4)39-33(40)32(38)12-7-8-21-37/h13,23-25,27-32H,7-12,14-22,37-38H2,1-6H3,(H,39,40)/t24-,25-,27?,28?,29-,30?,31?,32?,35+,36-/m1/s1. The Kier molecular flexibility index (Phi) is 11.3. The van der Waals surface area contributed by atoms with Crippen molar-refractivity contribution in [1.82, 2.24) is 5.32 Å². The lowest BCUT2D eigenvalue weighted by Gasteiger charge is -2.58. The smallest absolute Gasteiger partial charge is 0.328 e. The van der Waals surface area contributed by atoms with Crippen molar-refractivity contribution in [2.75, 3.05) is 6.54 Å². The van der Waals surface area contributed by atoms with Crippen LogP contribution in [0.1, 0.15) is 131 Å². The normalized spacial score (nSPS) is 36.2. The molecule has 6 heteroatoms. The Morgan fingerprint density at radius 3 is 2.45 bits per heavy atom. The summed E-state index contributed by atoms with van der Waals surface area (Å²) in [7, 11) is 0. The molecule has 3 fully saturated rings. The number of nitrogens with one attached hydrogen (secondary N) is 1. The van der Waals surface area contributed by atoms with Gasteiger partial charge in [-0.15, -0.1) is 0 Å². The summed E-state index contributed by atoms with van der Waals surface area (Å²) in [6, 6.07) is -1.32. The summed E-state index contributed by atoms with van der Waals surface area (Å²) >= 11 is 0. The Hall–Kier alpha value is -1.40. The zero-order valence-corrected chi connectivity index (χ0v) is 27.8. The number of carbonyl (C=O) groups is 2. The van der Waals surface area contributed by atoms with Crippen LogP contribution >= 0.6 is 0 Å². The highest BCUT2D eigenvalue weighted by atomic mass is 16.5. The Morgan fingerprint density at radius 1 is 0.976 bits per heavy atom. The fourth-order valence-electron chi connectivity index (χ4n) is 10.0. The summed E-state index contributed by atoms with van der Waals surface area (Å²) in [5.74, 6) is 4.29. The zero-order valence-electron chi connectivity index (χ0n) is 27.8. The minimum Gasteiger partial charge on any atom is -0.461 e. The molecule has 42 heavy (non-hydrogen) atoms. The number of carbonyl (C=O) groups excluding carboxylic acids is 2. The highest BCUT2D eigenvalue weighted by molar-refractivity contribution is 5.87. The SMILES string of the molecule is CC(C)CCC[C@@H](C)[C@H]1CCC2C3CC=C4CC(OC(=O)[C@@H](C)NC(=O)C(N)CCCCN)CC[C@]4(C)C3CC[C@@]21C. The van der Waals surface area contributed by atoms with Crippen LogP contribution in [0.4, 0.5) is 0 Å². The fraction of sp³-hybridized carbons (Fsp3) is 0.889. The van der Waals surface area contributed by atoms with Gasteiger partial charge in [-0.05, 0) is 118 Å². The van der Waals surface area contributed by atoms with E-state index in [1.165, 1.54) is 56.9 Å². The van der Waals surface area contributed by atoms with Gasteiger partial charge in [0.1, 0.15) is 12.1 Å². The lowest BCUT2D eigenvalue weighted by atomic mass is 9.47. The van der Waals surface area contributed by atoms with Crippen molar-refractivity contribution in [3.05, 3.63) is 11.6 Å². The molecule has 0 aromatic carbocycles. The first-order chi connectivity index (χ1) is 19.9. The van der Waals surface area contributed by atoms with Gasteiger partial charge in [-0.25, -0.2) is 4.79 Å². The molecule has 240 valence electrons. The maximum atomic E-state index is 12.9. The number of esters is 1. The number of hydrogen-bond donors (Lipinski definition) is 3. The van der Waals surface area contributed by atoms with Crippen molar-refractivity contribution in [1.29, 1.82) is 0 Å². The molecule has 10 atom stereocenters. The van der Waals surface area contributed by atoms with Crippen LogP contribution in [0.2, 0.25) is 0 Å². The summed E-state index contributed by atoms with van der Waals surface area (Å²) in [6.45, 7) is 14.7. The number of amides is 1. The van der Waals surface area contributed by atoms with Gasteiger partial charge < -0.3 is 21.5 Å². The van der Waals surface area contributed by atoms with E-state index in [2.05, 4.69) is 46.0 Å². The van der Waals surface area contributed by atoms with Crippen molar-refractivity contribution in [3.63, 3.8) is 0 Å². The van der Waals surface area contributed by atoms with Crippen LogP contribution in [0.5, 0.6) is 0 Å². The highest BCUT2D eigenvalue weighted by Gasteiger charge is 2.59. The van der Waals surface area contributed by atoms with Gasteiger partial charge in [-0.3, -0.25) is 4.79 Å². The van der Waals surface area contributed by atoms with E-state index < -0.39 is 12.1 Å². The summed E-state index contributed by atoms with van der Waals surface area (Å²) in [5.41, 5.74) is 13.8. The molecule has 1 amide bonds. The van der Waals surface area contributed by atoms with Gasteiger partial charge >= 0.3 is 5.97 Å². The molecule has 0 bridgehead atoms. The van der Waals surface area contributed by atoms with Crippen LogP contribution in [-0.2, 0) is 14.3 Å². The molecule has 4 aliphatic carbocycles. The predicted octanol–water partition coefficient (Wildman–Crippen LogP) is 6.90. The number of ether oxygens (including phenoxy) is 1. The lowest BCUT2D eigenvalue weighted by molar-refractivity contribution is -0.155. The van der Waals surface area contributed by atoms with Crippen LogP contribution in [0.25, 0.3) is 0 Å². The summed E-state index contributed by atoms with van der Waals surface area (Å²) in [6.07, 6.45) is 18.4. The first kappa shape index (κ1) is 33.5. The van der Waals surface area contributed by atoms with E-state index in [1.54, 1.807) is 6.92 Å². The van der Waals surface area contributed by atoms with Crippen LogP contribution in [0.3, 0.4) is 0 Å². The van der Waals surface area contributed by atoms with E-state index in [0.29, 0.717) is 18.4 Å². The van der Waals surface area contributed by atoms with Crippen molar-refractivity contribution < 1.29 is 14.3 Å². The molecule has 0 saturated heterocycles. The van der Waals surface area contributed by atoms with E-state index in [9.17, 15) is 9.59 Å². The maximum absolute atomic E-state index is 12.9. The van der Waals surface area contributed by atoms with Crippen LogP contribution < -0.4 is 16.8 Å². The Labute approximate surface area is 256 Å². The van der Waals surface area contributed by atoms with E-state index in [0.717, 1.165) is 67.6 Å². The van der Waals surface area contributed by atoms with Gasteiger partial charge in [0.15, 0.2) is 0 Å². The molecule has 5 unspecified atom stereocenters. The quantitative estimate of drug-likeness (QED) is 0.124. The largest absolute Gasteiger partial charge is 0.461 e. The Bertz CT molecular complexity index is 965. The molecule has 0 heterocycles. The number of nitrogens with two attached hydrogens (primary N) is 2. The molecule has 5 N–H and O–H groups in total. The lowest BCUT2D eigenvalue weighted by Crippen LogP contribution is -2.51. The number of unbranched alkanes of at least 4 members (excludes halogenated alkanes) is 1. The average molecular weight is 586 g/mol. The Morgan fingerprint density at radius 2 is 1.74 bits per heavy atom. The van der Waals surface area contributed by atoms with Gasteiger partial charge in [0.25, 0.3) is 0 Å². The average Bonchev–Trinajstić information content (AvgIpc) is 3.30. The molecular formula is C36H63N3O3. The van der Waals surface area contributed by atoms with E-state index in [-0.39, 0.29) is 23.4 Å². The molecule has 6 nitrogen and oxygen atoms in total. The van der Waals surface area contributed by atoms with Crippen molar-refractivity contribution in [3.8, 4) is 0 Å². The number of fused-ring (bicyclic) bond motifs is 5. The topological polar surface area (TPSA) is 107 Å². The number of hydrogen-bond acceptors (Lipinski definition) is 5. The predicted molar refractivity (Wildman–Crippen MR) is 171 cm³/mol. The first-order valence-corrected chi connectivity index (χ1v) is 17.6. The fourth-order valence-corrected chi connectivity index (χ4v) is 10.0. The first-order valence-electron chi connectivity index (χ1n) is 17.6. The Balaban J connectivity index is 1.33. The molecule has 4 rings (SSSR count). The number of allylic oxidation sites excluding steroid dienone is 1. The monoisotopic (exact) mass is 585 g/mol. The molecule has 0 aliphatic heterocycles. The van der Waals surface area contributed by atoms with Gasteiger partial charge in [0.2, 0.25) is 5.91 Å². The third-order valence-corrected chi connectivity index (χ3v) is 12.6. The van der Waals surface area contributed by atoms with Crippen molar-refractivity contribution >= 4 is 11.9 Å². The van der Waals surface area contributed by atoms with Gasteiger partial charge in [0, 0.05) is 6.42 Å². The number of rotatable bonds is 13.